The molecule has 0 saturated heterocycles. The van der Waals surface area contributed by atoms with Gasteiger partial charge in [0.25, 0.3) is 0 Å². The summed E-state index contributed by atoms with van der Waals surface area (Å²) in [6.07, 6.45) is 7.25. The van der Waals surface area contributed by atoms with E-state index in [1.165, 1.54) is 3.57 Å². The smallest absolute Gasteiger partial charge is 0.137 e. The third-order valence-corrected chi connectivity index (χ3v) is 3.97. The van der Waals surface area contributed by atoms with E-state index in [4.69, 9.17) is 0 Å². The second-order valence-corrected chi connectivity index (χ2v) is 6.37. The molecule has 0 saturated carbocycles. The van der Waals surface area contributed by atoms with Gasteiger partial charge in [-0.15, -0.1) is 0 Å². The van der Waals surface area contributed by atoms with Gasteiger partial charge in [0.2, 0.25) is 0 Å². The SMILES string of the molecule is CC(CNc1ncnc2ccc(I)cc12)Cn1ccnc1. The number of halogens is 1. The Morgan fingerprint density at radius 1 is 1.33 bits per heavy atom. The summed E-state index contributed by atoms with van der Waals surface area (Å²) in [6.45, 7) is 4.00. The lowest BCUT2D eigenvalue weighted by Gasteiger charge is -2.14. The number of aromatic nitrogens is 4. The molecule has 6 heteroatoms. The number of fused-ring (bicyclic) bond motifs is 1. The molecule has 3 aromatic rings. The van der Waals surface area contributed by atoms with Crippen molar-refractivity contribution >= 4 is 39.3 Å². The second kappa shape index (κ2) is 6.38. The number of hydrogen-bond acceptors (Lipinski definition) is 4. The number of rotatable bonds is 5. The highest BCUT2D eigenvalue weighted by Crippen LogP contribution is 2.21. The van der Waals surface area contributed by atoms with Gasteiger partial charge < -0.3 is 9.88 Å². The van der Waals surface area contributed by atoms with Crippen molar-refractivity contribution in [3.8, 4) is 0 Å². The average Bonchev–Trinajstić information content (AvgIpc) is 2.98. The Labute approximate surface area is 137 Å². The van der Waals surface area contributed by atoms with E-state index in [0.29, 0.717) is 5.92 Å². The number of hydrogen-bond donors (Lipinski definition) is 1. The second-order valence-electron chi connectivity index (χ2n) is 5.13. The standard InChI is InChI=1S/C15H16IN5/c1-11(8-21-5-4-17-10-21)7-18-15-13-6-12(16)2-3-14(13)19-9-20-15/h2-6,9-11H,7-8H2,1H3,(H,18,19,20). The topological polar surface area (TPSA) is 55.6 Å². The van der Waals surface area contributed by atoms with Gasteiger partial charge in [-0.3, -0.25) is 0 Å². The van der Waals surface area contributed by atoms with Gasteiger partial charge in [-0.2, -0.15) is 0 Å². The normalized spacial score (nSPS) is 12.5. The van der Waals surface area contributed by atoms with E-state index >= 15 is 0 Å². The highest BCUT2D eigenvalue weighted by atomic mass is 127. The molecule has 0 aliphatic rings. The molecule has 2 heterocycles. The van der Waals surface area contributed by atoms with Crippen LogP contribution in [0.15, 0.2) is 43.2 Å². The maximum atomic E-state index is 4.37. The maximum absolute atomic E-state index is 4.37. The zero-order valence-corrected chi connectivity index (χ0v) is 13.9. The van der Waals surface area contributed by atoms with E-state index in [-0.39, 0.29) is 0 Å². The number of nitrogens with zero attached hydrogens (tertiary/aromatic N) is 4. The third kappa shape index (κ3) is 3.49. The molecule has 0 bridgehead atoms. The highest BCUT2D eigenvalue weighted by Gasteiger charge is 2.07. The summed E-state index contributed by atoms with van der Waals surface area (Å²) < 4.78 is 3.28. The largest absolute Gasteiger partial charge is 0.369 e. The van der Waals surface area contributed by atoms with Crippen LogP contribution in [0, 0.1) is 9.49 Å². The summed E-state index contributed by atoms with van der Waals surface area (Å²) in [7, 11) is 0. The van der Waals surface area contributed by atoms with Crippen LogP contribution in [-0.2, 0) is 6.54 Å². The minimum Gasteiger partial charge on any atom is -0.369 e. The fourth-order valence-corrected chi connectivity index (χ4v) is 2.75. The van der Waals surface area contributed by atoms with Crippen LogP contribution in [0.3, 0.4) is 0 Å². The van der Waals surface area contributed by atoms with Crippen LogP contribution in [0.1, 0.15) is 6.92 Å². The fourth-order valence-electron chi connectivity index (χ4n) is 2.26. The van der Waals surface area contributed by atoms with E-state index in [1.54, 1.807) is 12.5 Å². The molecular weight excluding hydrogens is 377 g/mol. The van der Waals surface area contributed by atoms with Crippen molar-refractivity contribution in [2.45, 2.75) is 13.5 Å². The first-order valence-electron chi connectivity index (χ1n) is 6.82. The molecule has 5 nitrogen and oxygen atoms in total. The lowest BCUT2D eigenvalue weighted by molar-refractivity contribution is 0.503. The molecule has 1 aromatic carbocycles. The molecule has 1 unspecified atom stereocenters. The quantitative estimate of drug-likeness (QED) is 0.677. The monoisotopic (exact) mass is 393 g/mol. The lowest BCUT2D eigenvalue weighted by atomic mass is 10.1. The molecule has 0 radical (unpaired) electrons. The van der Waals surface area contributed by atoms with Crippen molar-refractivity contribution in [2.24, 2.45) is 5.92 Å². The molecule has 2 aromatic heterocycles. The Balaban J connectivity index is 1.71. The first kappa shape index (κ1) is 14.2. The van der Waals surface area contributed by atoms with Crippen LogP contribution in [0.5, 0.6) is 0 Å². The van der Waals surface area contributed by atoms with E-state index in [2.05, 4.69) is 66.5 Å². The van der Waals surface area contributed by atoms with Crippen LogP contribution >= 0.6 is 22.6 Å². The first-order chi connectivity index (χ1) is 10.2. The molecule has 0 aliphatic heterocycles. The predicted octanol–water partition coefficient (Wildman–Crippen LogP) is 3.18. The minimum absolute atomic E-state index is 0.479. The molecule has 0 aliphatic carbocycles. The molecule has 3 rings (SSSR count). The Kier molecular flexibility index (Phi) is 4.33. The number of imidazole rings is 1. The number of nitrogens with one attached hydrogen (secondary N) is 1. The van der Waals surface area contributed by atoms with Crippen molar-refractivity contribution in [3.05, 3.63) is 46.8 Å². The van der Waals surface area contributed by atoms with Crippen molar-refractivity contribution in [3.63, 3.8) is 0 Å². The van der Waals surface area contributed by atoms with Gasteiger partial charge in [0, 0.05) is 34.4 Å². The van der Waals surface area contributed by atoms with Gasteiger partial charge in [0.15, 0.2) is 0 Å². The summed E-state index contributed by atoms with van der Waals surface area (Å²) >= 11 is 2.31. The van der Waals surface area contributed by atoms with Crippen LogP contribution in [-0.4, -0.2) is 26.1 Å². The van der Waals surface area contributed by atoms with Crippen LogP contribution in [0.25, 0.3) is 10.9 Å². The Morgan fingerprint density at radius 3 is 3.05 bits per heavy atom. The van der Waals surface area contributed by atoms with Gasteiger partial charge >= 0.3 is 0 Å². The zero-order chi connectivity index (χ0) is 14.7. The van der Waals surface area contributed by atoms with E-state index < -0.39 is 0 Å². The van der Waals surface area contributed by atoms with Crippen molar-refractivity contribution < 1.29 is 0 Å². The molecular formula is C15H16IN5. The maximum Gasteiger partial charge on any atom is 0.137 e. The van der Waals surface area contributed by atoms with Crippen molar-refractivity contribution in [1.29, 1.82) is 0 Å². The van der Waals surface area contributed by atoms with Gasteiger partial charge in [-0.25, -0.2) is 15.0 Å². The van der Waals surface area contributed by atoms with Gasteiger partial charge in [-0.1, -0.05) is 6.92 Å². The summed E-state index contributed by atoms with van der Waals surface area (Å²) in [4.78, 5) is 12.7. The molecule has 0 spiro atoms. The Morgan fingerprint density at radius 2 is 2.24 bits per heavy atom. The van der Waals surface area contributed by atoms with Gasteiger partial charge in [0.1, 0.15) is 12.1 Å². The molecule has 108 valence electrons. The van der Waals surface area contributed by atoms with Gasteiger partial charge in [-0.05, 0) is 46.7 Å². The number of benzene rings is 1. The van der Waals surface area contributed by atoms with Crippen molar-refractivity contribution in [1.82, 2.24) is 19.5 Å². The fraction of sp³-hybridized carbons (Fsp3) is 0.267. The number of anilines is 1. The van der Waals surface area contributed by atoms with Crippen LogP contribution in [0.4, 0.5) is 5.82 Å². The Hall–Kier alpha value is -1.70. The Bertz CT molecular complexity index is 726. The van der Waals surface area contributed by atoms with E-state index in [1.807, 2.05) is 18.6 Å². The van der Waals surface area contributed by atoms with Gasteiger partial charge in [0.05, 0.1) is 11.8 Å². The molecule has 21 heavy (non-hydrogen) atoms. The molecule has 1 N–H and O–H groups in total. The van der Waals surface area contributed by atoms with Crippen LogP contribution in [0.2, 0.25) is 0 Å². The summed E-state index contributed by atoms with van der Waals surface area (Å²) in [6, 6.07) is 6.19. The summed E-state index contributed by atoms with van der Waals surface area (Å²) in [5, 5.41) is 4.51. The van der Waals surface area contributed by atoms with E-state index in [0.717, 1.165) is 29.8 Å². The average molecular weight is 393 g/mol. The predicted molar refractivity (Wildman–Crippen MR) is 92.1 cm³/mol. The zero-order valence-electron chi connectivity index (χ0n) is 11.7. The molecule has 0 amide bonds. The molecule has 0 fully saturated rings. The highest BCUT2D eigenvalue weighted by molar-refractivity contribution is 14.1. The summed E-state index contributed by atoms with van der Waals surface area (Å²) in [5.41, 5.74) is 0.968. The van der Waals surface area contributed by atoms with Crippen molar-refractivity contribution in [2.75, 3.05) is 11.9 Å². The molecule has 1 atom stereocenters. The third-order valence-electron chi connectivity index (χ3n) is 3.30. The van der Waals surface area contributed by atoms with E-state index in [9.17, 15) is 0 Å². The summed E-state index contributed by atoms with van der Waals surface area (Å²) in [5.74, 6) is 1.38. The first-order valence-corrected chi connectivity index (χ1v) is 7.90. The van der Waals surface area contributed by atoms with Crippen LogP contribution < -0.4 is 5.32 Å². The minimum atomic E-state index is 0.479. The lowest BCUT2D eigenvalue weighted by Crippen LogP contribution is -2.17.